The predicted molar refractivity (Wildman–Crippen MR) is 77.7 cm³/mol. The Morgan fingerprint density at radius 3 is 2.42 bits per heavy atom. The van der Waals surface area contributed by atoms with Gasteiger partial charge < -0.3 is 10.6 Å². The molecule has 0 radical (unpaired) electrons. The van der Waals surface area contributed by atoms with Crippen molar-refractivity contribution >= 4 is 5.91 Å². The summed E-state index contributed by atoms with van der Waals surface area (Å²) in [6.07, 6.45) is 2.76. The highest BCUT2D eigenvalue weighted by molar-refractivity contribution is 5.82. The molecule has 19 heavy (non-hydrogen) atoms. The largest absolute Gasteiger partial charge is 0.341 e. The number of rotatable bonds is 3. The van der Waals surface area contributed by atoms with E-state index in [4.69, 9.17) is 5.73 Å². The van der Waals surface area contributed by atoms with Crippen molar-refractivity contribution in [3.05, 3.63) is 35.9 Å². The Balaban J connectivity index is 1.89. The molecule has 1 heterocycles. The van der Waals surface area contributed by atoms with Crippen LogP contribution in [0.2, 0.25) is 0 Å². The molecule has 1 saturated heterocycles. The fourth-order valence-corrected chi connectivity index (χ4v) is 2.52. The monoisotopic (exact) mass is 260 g/mol. The standard InChI is InChI=1S/C16H24N2O/c1-16(2)8-10-18(11-9-16)15(19)14(17)12-13-6-4-3-5-7-13/h3-7,14H,8-12,17H2,1-2H3/t14-/m0/s1. The minimum Gasteiger partial charge on any atom is -0.341 e. The Hall–Kier alpha value is -1.35. The summed E-state index contributed by atoms with van der Waals surface area (Å²) >= 11 is 0. The van der Waals surface area contributed by atoms with E-state index in [1.54, 1.807) is 0 Å². The molecule has 0 bridgehead atoms. The van der Waals surface area contributed by atoms with Gasteiger partial charge in [0.05, 0.1) is 6.04 Å². The summed E-state index contributed by atoms with van der Waals surface area (Å²) < 4.78 is 0. The molecule has 1 aromatic carbocycles. The first-order valence-corrected chi connectivity index (χ1v) is 7.06. The lowest BCUT2D eigenvalue weighted by atomic mass is 9.82. The van der Waals surface area contributed by atoms with E-state index in [9.17, 15) is 4.79 Å². The van der Waals surface area contributed by atoms with Crippen LogP contribution in [0.3, 0.4) is 0 Å². The van der Waals surface area contributed by atoms with Crippen LogP contribution in [-0.4, -0.2) is 29.9 Å². The molecule has 3 nitrogen and oxygen atoms in total. The molecule has 1 aliphatic rings. The third-order valence-corrected chi connectivity index (χ3v) is 4.04. The van der Waals surface area contributed by atoms with E-state index in [0.29, 0.717) is 11.8 Å². The minimum atomic E-state index is -0.413. The highest BCUT2D eigenvalue weighted by atomic mass is 16.2. The second kappa shape index (κ2) is 5.74. The molecule has 0 saturated carbocycles. The van der Waals surface area contributed by atoms with Gasteiger partial charge in [0.15, 0.2) is 0 Å². The Labute approximate surface area is 115 Å². The molecule has 2 rings (SSSR count). The Bertz CT molecular complexity index is 418. The maximum absolute atomic E-state index is 12.3. The van der Waals surface area contributed by atoms with Crippen molar-refractivity contribution in [2.45, 2.75) is 39.2 Å². The zero-order chi connectivity index (χ0) is 13.9. The van der Waals surface area contributed by atoms with E-state index in [-0.39, 0.29) is 5.91 Å². The van der Waals surface area contributed by atoms with Gasteiger partial charge in [-0.2, -0.15) is 0 Å². The van der Waals surface area contributed by atoms with E-state index < -0.39 is 6.04 Å². The number of hydrogen-bond donors (Lipinski definition) is 1. The number of amides is 1. The van der Waals surface area contributed by atoms with Crippen LogP contribution in [0.5, 0.6) is 0 Å². The lowest BCUT2D eigenvalue weighted by molar-refractivity contribution is -0.134. The maximum atomic E-state index is 12.3. The van der Waals surface area contributed by atoms with E-state index in [1.165, 1.54) is 0 Å². The molecule has 1 amide bonds. The first-order valence-electron chi connectivity index (χ1n) is 7.06. The van der Waals surface area contributed by atoms with Crippen LogP contribution >= 0.6 is 0 Å². The quantitative estimate of drug-likeness (QED) is 0.905. The summed E-state index contributed by atoms with van der Waals surface area (Å²) in [4.78, 5) is 14.2. The van der Waals surface area contributed by atoms with E-state index in [0.717, 1.165) is 31.5 Å². The molecule has 0 aromatic heterocycles. The van der Waals surface area contributed by atoms with Gasteiger partial charge in [-0.1, -0.05) is 44.2 Å². The number of carbonyl (C=O) groups excluding carboxylic acids is 1. The van der Waals surface area contributed by atoms with E-state index >= 15 is 0 Å². The first kappa shape index (κ1) is 14.1. The van der Waals surface area contributed by atoms with Gasteiger partial charge in [-0.05, 0) is 30.2 Å². The fourth-order valence-electron chi connectivity index (χ4n) is 2.52. The molecule has 1 atom stereocenters. The molecule has 2 N–H and O–H groups in total. The topological polar surface area (TPSA) is 46.3 Å². The maximum Gasteiger partial charge on any atom is 0.239 e. The molecule has 0 spiro atoms. The van der Waals surface area contributed by atoms with Crippen molar-refractivity contribution in [1.82, 2.24) is 4.90 Å². The van der Waals surface area contributed by atoms with Crippen molar-refractivity contribution < 1.29 is 4.79 Å². The minimum absolute atomic E-state index is 0.0966. The molecular formula is C16H24N2O. The molecule has 1 aliphatic heterocycles. The van der Waals surface area contributed by atoms with Crippen molar-refractivity contribution in [3.63, 3.8) is 0 Å². The fraction of sp³-hybridized carbons (Fsp3) is 0.562. The van der Waals surface area contributed by atoms with Crippen LogP contribution in [0.25, 0.3) is 0 Å². The molecule has 104 valence electrons. The first-order chi connectivity index (χ1) is 8.98. The molecule has 1 fully saturated rings. The van der Waals surface area contributed by atoms with Crippen LogP contribution in [0.15, 0.2) is 30.3 Å². The summed E-state index contributed by atoms with van der Waals surface area (Å²) in [5, 5.41) is 0. The zero-order valence-corrected chi connectivity index (χ0v) is 11.9. The highest BCUT2D eigenvalue weighted by Gasteiger charge is 2.29. The van der Waals surface area contributed by atoms with Crippen molar-refractivity contribution in [3.8, 4) is 0 Å². The highest BCUT2D eigenvalue weighted by Crippen LogP contribution is 2.29. The lowest BCUT2D eigenvalue weighted by Crippen LogP contribution is -2.49. The van der Waals surface area contributed by atoms with Gasteiger partial charge in [-0.25, -0.2) is 0 Å². The molecule has 1 aromatic rings. The van der Waals surface area contributed by atoms with Gasteiger partial charge in [-0.15, -0.1) is 0 Å². The van der Waals surface area contributed by atoms with Crippen LogP contribution < -0.4 is 5.73 Å². The number of nitrogens with two attached hydrogens (primary N) is 1. The van der Waals surface area contributed by atoms with Crippen molar-refractivity contribution in [1.29, 1.82) is 0 Å². The number of carbonyl (C=O) groups is 1. The van der Waals surface area contributed by atoms with Gasteiger partial charge in [0, 0.05) is 13.1 Å². The van der Waals surface area contributed by atoms with E-state index in [2.05, 4.69) is 13.8 Å². The molecular weight excluding hydrogens is 236 g/mol. The average molecular weight is 260 g/mol. The molecule has 3 heteroatoms. The Kier molecular flexibility index (Phi) is 4.25. The van der Waals surface area contributed by atoms with Gasteiger partial charge >= 0.3 is 0 Å². The summed E-state index contributed by atoms with van der Waals surface area (Å²) in [7, 11) is 0. The van der Waals surface area contributed by atoms with Crippen molar-refractivity contribution in [2.24, 2.45) is 11.1 Å². The predicted octanol–water partition coefficient (Wildman–Crippen LogP) is 2.21. The average Bonchev–Trinajstić information content (AvgIpc) is 2.39. The van der Waals surface area contributed by atoms with Crippen LogP contribution in [0.4, 0.5) is 0 Å². The number of benzene rings is 1. The Morgan fingerprint density at radius 2 is 1.84 bits per heavy atom. The summed E-state index contributed by atoms with van der Waals surface area (Å²) in [6, 6.07) is 9.57. The van der Waals surface area contributed by atoms with Gasteiger partial charge in [-0.3, -0.25) is 4.79 Å². The number of piperidine rings is 1. The number of likely N-dealkylation sites (tertiary alicyclic amines) is 1. The SMILES string of the molecule is CC1(C)CCN(C(=O)[C@@H](N)Cc2ccccc2)CC1. The third-order valence-electron chi connectivity index (χ3n) is 4.04. The zero-order valence-electron chi connectivity index (χ0n) is 11.9. The second-order valence-electron chi connectivity index (χ2n) is 6.29. The Morgan fingerprint density at radius 1 is 1.26 bits per heavy atom. The van der Waals surface area contributed by atoms with Gasteiger partial charge in [0.25, 0.3) is 0 Å². The second-order valence-corrected chi connectivity index (χ2v) is 6.29. The summed E-state index contributed by atoms with van der Waals surface area (Å²) in [6.45, 7) is 6.21. The van der Waals surface area contributed by atoms with E-state index in [1.807, 2.05) is 35.2 Å². The molecule has 0 aliphatic carbocycles. The molecule has 0 unspecified atom stereocenters. The lowest BCUT2D eigenvalue weighted by Gasteiger charge is -2.37. The number of hydrogen-bond acceptors (Lipinski definition) is 2. The smallest absolute Gasteiger partial charge is 0.239 e. The summed E-state index contributed by atoms with van der Waals surface area (Å²) in [5.41, 5.74) is 7.54. The van der Waals surface area contributed by atoms with Crippen LogP contribution in [0, 0.1) is 5.41 Å². The van der Waals surface area contributed by atoms with Gasteiger partial charge in [0.2, 0.25) is 5.91 Å². The van der Waals surface area contributed by atoms with Crippen LogP contribution in [-0.2, 0) is 11.2 Å². The third kappa shape index (κ3) is 3.80. The van der Waals surface area contributed by atoms with Gasteiger partial charge in [0.1, 0.15) is 0 Å². The van der Waals surface area contributed by atoms with Crippen molar-refractivity contribution in [2.75, 3.05) is 13.1 Å². The number of nitrogens with zero attached hydrogens (tertiary/aromatic N) is 1. The normalized spacial score (nSPS) is 20.1. The van der Waals surface area contributed by atoms with Crippen LogP contribution in [0.1, 0.15) is 32.3 Å². The summed E-state index contributed by atoms with van der Waals surface area (Å²) in [5.74, 6) is 0.0966.